The summed E-state index contributed by atoms with van der Waals surface area (Å²) in [6, 6.07) is 16.4. The smallest absolute Gasteiger partial charge is 0.299 e. The van der Waals surface area contributed by atoms with Crippen LogP contribution < -0.4 is 10.6 Å². The quantitative estimate of drug-likeness (QED) is 0.579. The fourth-order valence-electron chi connectivity index (χ4n) is 4.02. The number of halogens is 1. The maximum Gasteiger partial charge on any atom is 0.341 e. The van der Waals surface area contributed by atoms with Crippen LogP contribution in [0.3, 0.4) is 0 Å². The van der Waals surface area contributed by atoms with Gasteiger partial charge in [0.15, 0.2) is 0 Å². The van der Waals surface area contributed by atoms with Gasteiger partial charge < -0.3 is 0 Å². The van der Waals surface area contributed by atoms with Crippen LogP contribution in [-0.4, -0.2) is 26.5 Å². The van der Waals surface area contributed by atoms with Crippen LogP contribution in [0, 0.1) is 11.7 Å². The van der Waals surface area contributed by atoms with E-state index in [0.717, 1.165) is 56.0 Å². The average molecular weight is 428 g/mol. The van der Waals surface area contributed by atoms with Gasteiger partial charge in [-0.2, -0.15) is 0 Å². The largest absolute Gasteiger partial charge is 0.341 e. The third-order valence-electron chi connectivity index (χ3n) is 5.80. The van der Waals surface area contributed by atoms with Crippen molar-refractivity contribution in [3.05, 3.63) is 91.7 Å². The molecule has 0 bridgehead atoms. The summed E-state index contributed by atoms with van der Waals surface area (Å²) in [6.07, 6.45) is 3.15. The Morgan fingerprint density at radius 3 is 2.27 bits per heavy atom. The second-order valence-electron chi connectivity index (χ2n) is 7.95. The zero-order chi connectivity index (χ0) is 20.9. The lowest BCUT2D eigenvalue weighted by Crippen LogP contribution is -2.34. The lowest BCUT2D eigenvalue weighted by atomic mass is 9.93. The van der Waals surface area contributed by atoms with E-state index in [1.807, 2.05) is 6.07 Å². The van der Waals surface area contributed by atoms with E-state index in [-0.39, 0.29) is 22.9 Å². The summed E-state index contributed by atoms with van der Waals surface area (Å²) >= 11 is 0.981. The number of rotatable bonds is 7. The average Bonchev–Trinajstić information content (AvgIpc) is 3.03. The maximum absolute atomic E-state index is 13.1. The van der Waals surface area contributed by atoms with Crippen molar-refractivity contribution in [2.24, 2.45) is 5.92 Å². The van der Waals surface area contributed by atoms with Gasteiger partial charge in [0.2, 0.25) is 0 Å². The fourth-order valence-corrected chi connectivity index (χ4v) is 4.82. The van der Waals surface area contributed by atoms with Crippen molar-refractivity contribution in [1.82, 2.24) is 13.4 Å². The Morgan fingerprint density at radius 2 is 1.57 bits per heavy atom. The Labute approximate surface area is 179 Å². The van der Waals surface area contributed by atoms with Crippen LogP contribution in [-0.2, 0) is 19.6 Å². The minimum atomic E-state index is -0.330. The first-order valence-corrected chi connectivity index (χ1v) is 11.2. The minimum absolute atomic E-state index is 0.180. The van der Waals surface area contributed by atoms with Crippen LogP contribution in [0.15, 0.2) is 64.2 Å². The monoisotopic (exact) mass is 427 g/mol. The van der Waals surface area contributed by atoms with Crippen LogP contribution in [0.2, 0.25) is 0 Å². The molecule has 0 radical (unpaired) electrons. The highest BCUT2D eigenvalue weighted by atomic mass is 32.1. The molecule has 4 rings (SSSR count). The molecule has 158 valence electrons. The first-order valence-electron chi connectivity index (χ1n) is 10.4. The molecule has 1 aromatic heterocycles. The highest BCUT2D eigenvalue weighted by molar-refractivity contribution is 7.03. The van der Waals surface area contributed by atoms with Crippen LogP contribution in [0.4, 0.5) is 4.39 Å². The molecule has 2 heterocycles. The lowest BCUT2D eigenvalue weighted by Gasteiger charge is -2.32. The van der Waals surface area contributed by atoms with E-state index in [1.165, 1.54) is 22.3 Å². The maximum atomic E-state index is 13.1. The summed E-state index contributed by atoms with van der Waals surface area (Å²) < 4.78 is 15.9. The third-order valence-corrected chi connectivity index (χ3v) is 6.74. The third kappa shape index (κ3) is 5.15. The molecule has 0 atom stereocenters. The van der Waals surface area contributed by atoms with Crippen molar-refractivity contribution in [2.45, 2.75) is 38.9 Å². The molecule has 0 amide bonds. The summed E-state index contributed by atoms with van der Waals surface area (Å²) in [5.74, 6) is 0.246. The lowest BCUT2D eigenvalue weighted by molar-refractivity contribution is 0.169. The molecule has 1 saturated heterocycles. The predicted octanol–water partition coefficient (Wildman–Crippen LogP) is 3.56. The van der Waals surface area contributed by atoms with Crippen molar-refractivity contribution in [1.29, 1.82) is 0 Å². The molecule has 1 fully saturated rings. The first-order chi connectivity index (χ1) is 14.6. The molecular weight excluding hydrogens is 401 g/mol. The van der Waals surface area contributed by atoms with E-state index in [4.69, 9.17) is 0 Å². The number of piperidine rings is 1. The van der Waals surface area contributed by atoms with E-state index in [9.17, 15) is 14.0 Å². The van der Waals surface area contributed by atoms with Gasteiger partial charge in [0.05, 0.1) is 6.54 Å². The van der Waals surface area contributed by atoms with E-state index in [1.54, 1.807) is 16.1 Å². The molecule has 30 heavy (non-hydrogen) atoms. The number of benzene rings is 2. The zero-order valence-corrected chi connectivity index (χ0v) is 17.7. The van der Waals surface area contributed by atoms with E-state index < -0.39 is 0 Å². The summed E-state index contributed by atoms with van der Waals surface area (Å²) in [5, 5.41) is 0. The normalized spacial score (nSPS) is 15.5. The van der Waals surface area contributed by atoms with Gasteiger partial charge >= 0.3 is 10.6 Å². The van der Waals surface area contributed by atoms with Gasteiger partial charge in [-0.3, -0.25) is 9.69 Å². The van der Waals surface area contributed by atoms with Gasteiger partial charge in [-0.05, 0) is 61.5 Å². The number of hydrogen-bond donors (Lipinski definition) is 0. The first kappa shape index (κ1) is 20.8. The van der Waals surface area contributed by atoms with Gasteiger partial charge in [0, 0.05) is 24.6 Å². The molecule has 7 heteroatoms. The fraction of sp³-hybridized carbons (Fsp3) is 0.391. The minimum Gasteiger partial charge on any atom is -0.299 e. The number of aryl methyl sites for hydroxylation is 1. The van der Waals surface area contributed by atoms with E-state index >= 15 is 0 Å². The van der Waals surface area contributed by atoms with Crippen LogP contribution in [0.1, 0.15) is 30.4 Å². The van der Waals surface area contributed by atoms with Crippen molar-refractivity contribution in [3.8, 4) is 0 Å². The molecule has 0 aliphatic carbocycles. The van der Waals surface area contributed by atoms with Gasteiger partial charge in [-0.1, -0.05) is 42.5 Å². The molecule has 0 N–H and O–H groups in total. The second-order valence-corrected chi connectivity index (χ2v) is 8.92. The van der Waals surface area contributed by atoms with Crippen molar-refractivity contribution < 1.29 is 4.39 Å². The predicted molar refractivity (Wildman–Crippen MR) is 117 cm³/mol. The Balaban J connectivity index is 1.30. The molecule has 2 aromatic carbocycles. The molecule has 0 saturated carbocycles. The summed E-state index contributed by atoms with van der Waals surface area (Å²) in [4.78, 5) is 27.1. The zero-order valence-electron chi connectivity index (χ0n) is 16.9. The molecular formula is C23H26FN3O2S. The summed E-state index contributed by atoms with van der Waals surface area (Å²) in [5.41, 5.74) is 1.82. The Bertz CT molecular complexity index is 1060. The highest BCUT2D eigenvalue weighted by Crippen LogP contribution is 2.22. The van der Waals surface area contributed by atoms with Crippen molar-refractivity contribution in [2.75, 3.05) is 13.1 Å². The Hall–Kier alpha value is -2.51. The highest BCUT2D eigenvalue weighted by Gasteiger charge is 2.20. The molecule has 5 nitrogen and oxygen atoms in total. The van der Waals surface area contributed by atoms with E-state index in [0.29, 0.717) is 12.5 Å². The second kappa shape index (κ2) is 9.53. The van der Waals surface area contributed by atoms with Crippen LogP contribution in [0.25, 0.3) is 0 Å². The van der Waals surface area contributed by atoms with Gasteiger partial charge in [0.1, 0.15) is 5.82 Å². The SMILES string of the molecule is O=c1sn(CCC2CCN(Cc3ccccc3)CC2)c(=O)n1Cc1ccc(F)cc1. The van der Waals surface area contributed by atoms with Gasteiger partial charge in [-0.15, -0.1) is 0 Å². The Morgan fingerprint density at radius 1 is 0.900 bits per heavy atom. The van der Waals surface area contributed by atoms with Crippen LogP contribution in [0.5, 0.6) is 0 Å². The molecule has 0 spiro atoms. The number of aromatic nitrogens is 2. The number of likely N-dealkylation sites (tertiary alicyclic amines) is 1. The Kier molecular flexibility index (Phi) is 6.59. The number of hydrogen-bond acceptors (Lipinski definition) is 4. The summed E-state index contributed by atoms with van der Waals surface area (Å²) in [6.45, 7) is 3.88. The number of nitrogens with zero attached hydrogens (tertiary/aromatic N) is 3. The molecule has 1 aliphatic heterocycles. The van der Waals surface area contributed by atoms with Crippen molar-refractivity contribution in [3.63, 3.8) is 0 Å². The standard InChI is InChI=1S/C23H26FN3O2S/c24-21-8-6-20(7-9-21)17-26-22(28)27(30-23(26)29)15-12-18-10-13-25(14-11-18)16-19-4-2-1-3-5-19/h1-9,18H,10-17H2. The topological polar surface area (TPSA) is 47.2 Å². The summed E-state index contributed by atoms with van der Waals surface area (Å²) in [7, 11) is 0. The molecule has 1 aliphatic rings. The van der Waals surface area contributed by atoms with Gasteiger partial charge in [0.25, 0.3) is 0 Å². The molecule has 3 aromatic rings. The van der Waals surface area contributed by atoms with E-state index in [2.05, 4.69) is 29.2 Å². The molecule has 0 unspecified atom stereocenters. The van der Waals surface area contributed by atoms with Gasteiger partial charge in [-0.25, -0.2) is 17.7 Å². The van der Waals surface area contributed by atoms with Crippen molar-refractivity contribution >= 4 is 11.5 Å². The van der Waals surface area contributed by atoms with Crippen LogP contribution >= 0.6 is 11.5 Å².